The van der Waals surface area contributed by atoms with E-state index in [0.717, 1.165) is 29.0 Å². The molecular weight excluding hydrogens is 444 g/mol. The quantitative estimate of drug-likeness (QED) is 0.482. The van der Waals surface area contributed by atoms with Crippen LogP contribution in [0.1, 0.15) is 38.5 Å². The van der Waals surface area contributed by atoms with Gasteiger partial charge in [0.15, 0.2) is 11.5 Å². The number of amides is 2. The molecular formula is C24H24N2O4S2. The van der Waals surface area contributed by atoms with Gasteiger partial charge < -0.3 is 19.3 Å². The van der Waals surface area contributed by atoms with Crippen molar-refractivity contribution < 1.29 is 19.1 Å². The molecule has 3 heterocycles. The molecule has 2 amide bonds. The van der Waals surface area contributed by atoms with Crippen molar-refractivity contribution in [3.63, 3.8) is 0 Å². The third-order valence-electron chi connectivity index (χ3n) is 5.75. The van der Waals surface area contributed by atoms with Crippen LogP contribution in [0.3, 0.4) is 0 Å². The largest absolute Gasteiger partial charge is 0.454 e. The number of thiophene rings is 2. The van der Waals surface area contributed by atoms with Crippen molar-refractivity contribution >= 4 is 34.5 Å². The normalized spacial score (nSPS) is 14.4. The molecule has 0 atom stereocenters. The molecule has 2 aromatic heterocycles. The average molecular weight is 469 g/mol. The second-order valence-corrected chi connectivity index (χ2v) is 10.1. The fourth-order valence-corrected chi connectivity index (χ4v) is 5.37. The number of hydrogen-bond acceptors (Lipinski definition) is 6. The summed E-state index contributed by atoms with van der Waals surface area (Å²) in [6.07, 6.45) is 1.91. The molecule has 0 spiro atoms. The lowest BCUT2D eigenvalue weighted by molar-refractivity contribution is -0.133. The molecule has 32 heavy (non-hydrogen) atoms. The van der Waals surface area contributed by atoms with Gasteiger partial charge in [0.1, 0.15) is 6.54 Å². The number of aryl methyl sites for hydroxylation is 1. The van der Waals surface area contributed by atoms with Gasteiger partial charge in [-0.1, -0.05) is 12.1 Å². The van der Waals surface area contributed by atoms with Gasteiger partial charge in [0.05, 0.1) is 11.4 Å². The Morgan fingerprint density at radius 1 is 1.03 bits per heavy atom. The predicted octanol–water partition coefficient (Wildman–Crippen LogP) is 4.68. The summed E-state index contributed by atoms with van der Waals surface area (Å²) < 4.78 is 10.9. The van der Waals surface area contributed by atoms with Crippen molar-refractivity contribution in [2.75, 3.05) is 13.3 Å². The second kappa shape index (κ2) is 8.96. The maximum absolute atomic E-state index is 13.5. The molecule has 3 aromatic rings. The zero-order valence-electron chi connectivity index (χ0n) is 17.8. The van der Waals surface area contributed by atoms with Gasteiger partial charge in [-0.05, 0) is 65.9 Å². The monoisotopic (exact) mass is 468 g/mol. The Labute approximate surface area is 195 Å². The summed E-state index contributed by atoms with van der Waals surface area (Å²) in [6, 6.07) is 11.7. The summed E-state index contributed by atoms with van der Waals surface area (Å²) in [7, 11) is 0. The molecule has 2 aliphatic rings. The van der Waals surface area contributed by atoms with Crippen molar-refractivity contribution in [1.82, 2.24) is 9.80 Å². The van der Waals surface area contributed by atoms with Crippen LogP contribution in [0.2, 0.25) is 0 Å². The van der Waals surface area contributed by atoms with Gasteiger partial charge in [0, 0.05) is 17.5 Å². The molecule has 1 saturated carbocycles. The number of fused-ring (bicyclic) bond motifs is 1. The van der Waals surface area contributed by atoms with Crippen LogP contribution in [-0.4, -0.2) is 41.0 Å². The minimum atomic E-state index is -0.0498. The van der Waals surface area contributed by atoms with Crippen LogP contribution in [0.25, 0.3) is 0 Å². The fraction of sp³-hybridized carbons (Fsp3) is 0.333. The van der Waals surface area contributed by atoms with Gasteiger partial charge in [-0.3, -0.25) is 9.59 Å². The zero-order chi connectivity index (χ0) is 22.1. The first-order valence-electron chi connectivity index (χ1n) is 10.6. The van der Waals surface area contributed by atoms with Crippen LogP contribution < -0.4 is 9.47 Å². The highest BCUT2D eigenvalue weighted by Crippen LogP contribution is 2.33. The predicted molar refractivity (Wildman–Crippen MR) is 124 cm³/mol. The summed E-state index contributed by atoms with van der Waals surface area (Å²) in [5.41, 5.74) is 2.14. The summed E-state index contributed by atoms with van der Waals surface area (Å²) >= 11 is 3.07. The van der Waals surface area contributed by atoms with E-state index >= 15 is 0 Å². The molecule has 1 aliphatic heterocycles. The second-order valence-electron chi connectivity index (χ2n) is 8.11. The molecule has 0 saturated heterocycles. The van der Waals surface area contributed by atoms with E-state index in [1.807, 2.05) is 46.0 Å². The Balaban J connectivity index is 1.37. The summed E-state index contributed by atoms with van der Waals surface area (Å²) in [5, 5.41) is 3.94. The molecule has 1 aliphatic carbocycles. The lowest BCUT2D eigenvalue weighted by Crippen LogP contribution is -2.43. The minimum absolute atomic E-state index is 0.0488. The standard InChI is InChI=1S/C24H24N2O4S2/c1-16-8-10-32-22(16)13-25(12-17-4-7-19-20(11-17)30-15-29-19)23(27)14-26(18-5-6-18)24(28)21-3-2-9-31-21/h2-4,7-11,18H,5-6,12-15H2,1H3. The Morgan fingerprint density at radius 3 is 2.59 bits per heavy atom. The molecule has 6 nitrogen and oxygen atoms in total. The van der Waals surface area contributed by atoms with Crippen LogP contribution in [0.4, 0.5) is 0 Å². The number of carbonyl (C=O) groups excluding carboxylic acids is 2. The van der Waals surface area contributed by atoms with E-state index in [2.05, 4.69) is 13.0 Å². The molecule has 0 N–H and O–H groups in total. The number of benzene rings is 1. The Bertz CT molecular complexity index is 1120. The van der Waals surface area contributed by atoms with Gasteiger partial charge in [-0.15, -0.1) is 22.7 Å². The molecule has 8 heteroatoms. The van der Waals surface area contributed by atoms with E-state index in [0.29, 0.717) is 23.7 Å². The van der Waals surface area contributed by atoms with Crippen LogP contribution >= 0.6 is 22.7 Å². The summed E-state index contributed by atoms with van der Waals surface area (Å²) in [6.45, 7) is 3.33. The highest BCUT2D eigenvalue weighted by molar-refractivity contribution is 7.12. The number of hydrogen-bond donors (Lipinski definition) is 0. The van der Waals surface area contributed by atoms with Crippen molar-refractivity contribution in [3.05, 3.63) is 68.0 Å². The highest BCUT2D eigenvalue weighted by atomic mass is 32.1. The van der Waals surface area contributed by atoms with Crippen molar-refractivity contribution in [3.8, 4) is 11.5 Å². The van der Waals surface area contributed by atoms with E-state index in [9.17, 15) is 9.59 Å². The maximum Gasteiger partial charge on any atom is 0.264 e. The van der Waals surface area contributed by atoms with Crippen molar-refractivity contribution in [2.45, 2.75) is 38.9 Å². The van der Waals surface area contributed by atoms with Gasteiger partial charge >= 0.3 is 0 Å². The molecule has 166 valence electrons. The van der Waals surface area contributed by atoms with Crippen LogP contribution in [-0.2, 0) is 17.9 Å². The first-order valence-corrected chi connectivity index (χ1v) is 12.4. The van der Waals surface area contributed by atoms with Gasteiger partial charge in [0.25, 0.3) is 5.91 Å². The molecule has 0 unspecified atom stereocenters. The molecule has 0 radical (unpaired) electrons. The number of carbonyl (C=O) groups is 2. The lowest BCUT2D eigenvalue weighted by atomic mass is 10.1. The van der Waals surface area contributed by atoms with Gasteiger partial charge in [-0.2, -0.15) is 0 Å². The lowest BCUT2D eigenvalue weighted by Gasteiger charge is -2.28. The van der Waals surface area contributed by atoms with Gasteiger partial charge in [-0.25, -0.2) is 0 Å². The smallest absolute Gasteiger partial charge is 0.264 e. The molecule has 1 fully saturated rings. The third kappa shape index (κ3) is 4.52. The minimum Gasteiger partial charge on any atom is -0.454 e. The van der Waals surface area contributed by atoms with Crippen molar-refractivity contribution in [1.29, 1.82) is 0 Å². The van der Waals surface area contributed by atoms with Crippen molar-refractivity contribution in [2.24, 2.45) is 0 Å². The Morgan fingerprint density at radius 2 is 1.88 bits per heavy atom. The topological polar surface area (TPSA) is 59.1 Å². The first-order chi connectivity index (χ1) is 15.6. The zero-order valence-corrected chi connectivity index (χ0v) is 19.4. The van der Waals surface area contributed by atoms with Crippen LogP contribution in [0, 0.1) is 6.92 Å². The maximum atomic E-state index is 13.5. The van der Waals surface area contributed by atoms with E-state index in [1.54, 1.807) is 16.2 Å². The third-order valence-corrected chi connectivity index (χ3v) is 7.62. The molecule has 5 rings (SSSR count). The van der Waals surface area contributed by atoms with Crippen LogP contribution in [0.15, 0.2) is 47.2 Å². The Hall–Kier alpha value is -2.84. The van der Waals surface area contributed by atoms with E-state index in [-0.39, 0.29) is 31.2 Å². The fourth-order valence-electron chi connectivity index (χ4n) is 3.77. The van der Waals surface area contributed by atoms with E-state index in [1.165, 1.54) is 16.9 Å². The summed E-state index contributed by atoms with van der Waals surface area (Å²) in [4.78, 5) is 32.0. The number of ether oxygens (including phenoxy) is 2. The van der Waals surface area contributed by atoms with Crippen LogP contribution in [0.5, 0.6) is 11.5 Å². The summed E-state index contributed by atoms with van der Waals surface area (Å²) in [5.74, 6) is 1.33. The SMILES string of the molecule is Cc1ccsc1CN(Cc1ccc2c(c1)OCO2)C(=O)CN(C(=O)c1cccs1)C1CC1. The Kier molecular flexibility index (Phi) is 5.89. The average Bonchev–Trinajstić information content (AvgIpc) is 3.17. The molecule has 0 bridgehead atoms. The van der Waals surface area contributed by atoms with E-state index < -0.39 is 0 Å². The first kappa shape index (κ1) is 21.0. The molecule has 1 aromatic carbocycles. The van der Waals surface area contributed by atoms with E-state index in [4.69, 9.17) is 9.47 Å². The van der Waals surface area contributed by atoms with Gasteiger partial charge in [0.2, 0.25) is 12.7 Å². The number of nitrogens with zero attached hydrogens (tertiary/aromatic N) is 2. The number of rotatable bonds is 8. The highest BCUT2D eigenvalue weighted by Gasteiger charge is 2.35.